The molecule has 1 aromatic rings. The number of nitrogens with zero attached hydrogens (tertiary/aromatic N) is 2. The Balaban J connectivity index is 1.90. The molecule has 2 aliphatic rings. The molecule has 2 heterocycles. The van der Waals surface area contributed by atoms with Crippen molar-refractivity contribution in [3.63, 3.8) is 0 Å². The molecule has 0 bridgehead atoms. The second-order valence-corrected chi connectivity index (χ2v) is 6.38. The van der Waals surface area contributed by atoms with E-state index in [1.54, 1.807) is 11.3 Å². The molecule has 1 aliphatic carbocycles. The maximum atomic E-state index is 11.7. The zero-order valence-electron chi connectivity index (χ0n) is 8.20. The number of hydrogen-bond donors (Lipinski definition) is 0. The van der Waals surface area contributed by atoms with Gasteiger partial charge in [-0.1, -0.05) is 15.9 Å². The number of hydrogen-bond acceptors (Lipinski definition) is 3. The first kappa shape index (κ1) is 9.78. The number of halogens is 1. The third-order valence-corrected chi connectivity index (χ3v) is 4.69. The lowest BCUT2D eigenvalue weighted by molar-refractivity contribution is -0.117. The van der Waals surface area contributed by atoms with Gasteiger partial charge in [-0.15, -0.1) is 11.3 Å². The topological polar surface area (TPSA) is 33.2 Å². The standard InChI is InChI=1S/C10H11BrN2OS/c11-6-4-9(14)13(5-6)10-12-7-2-1-3-8(7)15-10/h6H,1-5H2. The second kappa shape index (κ2) is 3.56. The SMILES string of the molecule is O=C1CC(Br)CN1c1nc2c(s1)CCC2. The summed E-state index contributed by atoms with van der Waals surface area (Å²) < 4.78 is 0. The largest absolute Gasteiger partial charge is 0.287 e. The maximum absolute atomic E-state index is 11.7. The van der Waals surface area contributed by atoms with Crippen molar-refractivity contribution in [2.24, 2.45) is 0 Å². The number of anilines is 1. The average Bonchev–Trinajstić information content (AvgIpc) is 2.77. The molecule has 3 nitrogen and oxygen atoms in total. The van der Waals surface area contributed by atoms with Gasteiger partial charge in [-0.25, -0.2) is 4.98 Å². The van der Waals surface area contributed by atoms with Crippen LogP contribution in [0.2, 0.25) is 0 Å². The lowest BCUT2D eigenvalue weighted by atomic mass is 10.4. The molecule has 1 atom stereocenters. The predicted molar refractivity (Wildman–Crippen MR) is 63.8 cm³/mol. The van der Waals surface area contributed by atoms with Crippen LogP contribution in [-0.2, 0) is 17.6 Å². The number of carbonyl (C=O) groups is 1. The van der Waals surface area contributed by atoms with Crippen LogP contribution in [-0.4, -0.2) is 22.3 Å². The van der Waals surface area contributed by atoms with Gasteiger partial charge in [0.2, 0.25) is 5.91 Å². The molecule has 1 aliphatic heterocycles. The predicted octanol–water partition coefficient (Wildman–Crippen LogP) is 2.13. The van der Waals surface area contributed by atoms with Crippen LogP contribution in [0.1, 0.15) is 23.4 Å². The van der Waals surface area contributed by atoms with Crippen molar-refractivity contribution in [3.05, 3.63) is 10.6 Å². The summed E-state index contributed by atoms with van der Waals surface area (Å²) >= 11 is 5.19. The van der Waals surface area contributed by atoms with Crippen molar-refractivity contribution in [2.45, 2.75) is 30.5 Å². The van der Waals surface area contributed by atoms with E-state index in [-0.39, 0.29) is 5.91 Å². The van der Waals surface area contributed by atoms with E-state index in [9.17, 15) is 4.79 Å². The van der Waals surface area contributed by atoms with Crippen LogP contribution in [0.3, 0.4) is 0 Å². The fourth-order valence-electron chi connectivity index (χ4n) is 2.14. The molecule has 0 N–H and O–H groups in total. The summed E-state index contributed by atoms with van der Waals surface area (Å²) in [6, 6.07) is 0. The van der Waals surface area contributed by atoms with E-state index in [0.717, 1.165) is 24.5 Å². The number of carbonyl (C=O) groups excluding carboxylic acids is 1. The van der Waals surface area contributed by atoms with Gasteiger partial charge < -0.3 is 0 Å². The molecule has 0 spiro atoms. The van der Waals surface area contributed by atoms with Crippen molar-refractivity contribution in [1.29, 1.82) is 0 Å². The van der Waals surface area contributed by atoms with Crippen molar-refractivity contribution in [3.8, 4) is 0 Å². The zero-order valence-corrected chi connectivity index (χ0v) is 10.6. The van der Waals surface area contributed by atoms with Crippen LogP contribution in [0, 0.1) is 0 Å². The number of aromatic nitrogens is 1. The maximum Gasteiger partial charge on any atom is 0.230 e. The highest BCUT2D eigenvalue weighted by atomic mass is 79.9. The molecule has 5 heteroatoms. The zero-order chi connectivity index (χ0) is 10.4. The highest BCUT2D eigenvalue weighted by Gasteiger charge is 2.31. The van der Waals surface area contributed by atoms with Gasteiger partial charge in [0.05, 0.1) is 5.69 Å². The Morgan fingerprint density at radius 3 is 3.00 bits per heavy atom. The fraction of sp³-hybridized carbons (Fsp3) is 0.600. The number of aryl methyl sites for hydroxylation is 2. The monoisotopic (exact) mass is 286 g/mol. The number of thiazole rings is 1. The molecule has 0 aromatic carbocycles. The Labute approximate surface area is 101 Å². The molecule has 1 unspecified atom stereocenters. The first-order valence-corrected chi connectivity index (χ1v) is 6.90. The van der Waals surface area contributed by atoms with Crippen LogP contribution in [0.25, 0.3) is 0 Å². The molecule has 3 rings (SSSR count). The van der Waals surface area contributed by atoms with Crippen molar-refractivity contribution in [2.75, 3.05) is 11.4 Å². The Kier molecular flexibility index (Phi) is 2.32. The quantitative estimate of drug-likeness (QED) is 0.741. The summed E-state index contributed by atoms with van der Waals surface area (Å²) in [4.78, 5) is 19.7. The fourth-order valence-corrected chi connectivity index (χ4v) is 3.88. The first-order valence-electron chi connectivity index (χ1n) is 5.17. The third kappa shape index (κ3) is 1.61. The number of amides is 1. The van der Waals surface area contributed by atoms with E-state index in [2.05, 4.69) is 20.9 Å². The molecule has 0 radical (unpaired) electrons. The average molecular weight is 287 g/mol. The highest BCUT2D eigenvalue weighted by Crippen LogP contribution is 2.35. The Morgan fingerprint density at radius 2 is 2.33 bits per heavy atom. The summed E-state index contributed by atoms with van der Waals surface area (Å²) in [5.74, 6) is 0.198. The van der Waals surface area contributed by atoms with Gasteiger partial charge in [0.25, 0.3) is 0 Å². The van der Waals surface area contributed by atoms with Crippen LogP contribution in [0.5, 0.6) is 0 Å². The molecule has 15 heavy (non-hydrogen) atoms. The number of alkyl halides is 1. The molecule has 0 saturated carbocycles. The minimum atomic E-state index is 0.198. The molecule has 80 valence electrons. The number of fused-ring (bicyclic) bond motifs is 1. The Bertz CT molecular complexity index is 396. The summed E-state index contributed by atoms with van der Waals surface area (Å²) in [7, 11) is 0. The van der Waals surface area contributed by atoms with E-state index in [1.807, 2.05) is 4.90 Å². The van der Waals surface area contributed by atoms with Crippen LogP contribution >= 0.6 is 27.3 Å². The molecule has 1 saturated heterocycles. The van der Waals surface area contributed by atoms with Gasteiger partial charge in [0.15, 0.2) is 5.13 Å². The van der Waals surface area contributed by atoms with Gasteiger partial charge in [-0.3, -0.25) is 9.69 Å². The smallest absolute Gasteiger partial charge is 0.230 e. The molecular weight excluding hydrogens is 276 g/mol. The molecule has 1 amide bonds. The summed E-state index contributed by atoms with van der Waals surface area (Å²) in [5, 5.41) is 0.909. The van der Waals surface area contributed by atoms with Crippen molar-refractivity contribution < 1.29 is 4.79 Å². The second-order valence-electron chi connectivity index (χ2n) is 4.03. The lowest BCUT2D eigenvalue weighted by Gasteiger charge is -2.11. The summed E-state index contributed by atoms with van der Waals surface area (Å²) in [6.45, 7) is 0.769. The van der Waals surface area contributed by atoms with Crippen molar-refractivity contribution in [1.82, 2.24) is 4.98 Å². The Hall–Kier alpha value is -0.420. The summed E-state index contributed by atoms with van der Waals surface area (Å²) in [6.07, 6.45) is 4.06. The van der Waals surface area contributed by atoms with E-state index in [4.69, 9.17) is 0 Å². The van der Waals surface area contributed by atoms with E-state index in [0.29, 0.717) is 11.2 Å². The van der Waals surface area contributed by atoms with Crippen LogP contribution < -0.4 is 4.90 Å². The van der Waals surface area contributed by atoms with Crippen LogP contribution in [0.15, 0.2) is 0 Å². The van der Waals surface area contributed by atoms with E-state index in [1.165, 1.54) is 17.0 Å². The van der Waals surface area contributed by atoms with Gasteiger partial charge in [-0.05, 0) is 19.3 Å². The van der Waals surface area contributed by atoms with Gasteiger partial charge in [0, 0.05) is 22.7 Å². The van der Waals surface area contributed by atoms with Gasteiger partial charge in [-0.2, -0.15) is 0 Å². The molecule has 1 aromatic heterocycles. The third-order valence-electron chi connectivity index (χ3n) is 2.89. The van der Waals surface area contributed by atoms with Gasteiger partial charge in [0.1, 0.15) is 0 Å². The molecular formula is C10H11BrN2OS. The first-order chi connectivity index (χ1) is 7.24. The van der Waals surface area contributed by atoms with E-state index < -0.39 is 0 Å². The van der Waals surface area contributed by atoms with Gasteiger partial charge >= 0.3 is 0 Å². The Morgan fingerprint density at radius 1 is 1.47 bits per heavy atom. The molecule has 1 fully saturated rings. The van der Waals surface area contributed by atoms with Crippen molar-refractivity contribution >= 4 is 38.3 Å². The normalized spacial score (nSPS) is 25.0. The minimum Gasteiger partial charge on any atom is -0.287 e. The summed E-state index contributed by atoms with van der Waals surface area (Å²) in [5.41, 5.74) is 1.22. The van der Waals surface area contributed by atoms with Crippen LogP contribution in [0.4, 0.5) is 5.13 Å². The van der Waals surface area contributed by atoms with E-state index >= 15 is 0 Å². The number of rotatable bonds is 1. The highest BCUT2D eigenvalue weighted by molar-refractivity contribution is 9.09. The lowest BCUT2D eigenvalue weighted by Crippen LogP contribution is -2.24. The minimum absolute atomic E-state index is 0.198.